The number of esters is 1. The van der Waals surface area contributed by atoms with Crippen LogP contribution in [0.15, 0.2) is 12.2 Å². The van der Waals surface area contributed by atoms with Crippen LogP contribution in [0.1, 0.15) is 6.92 Å². The molecule has 0 fully saturated rings. The summed E-state index contributed by atoms with van der Waals surface area (Å²) < 4.78 is 5.44. The molecule has 0 heterocycles. The first-order valence-corrected chi connectivity index (χ1v) is 4.53. The Morgan fingerprint density at radius 1 is 1.44 bits per heavy atom. The molecule has 0 saturated carbocycles. The molecule has 0 aromatic rings. The van der Waals surface area contributed by atoms with Crippen LogP contribution in [0.4, 0.5) is 0 Å². The number of rotatable bonds is 5. The average Bonchev–Trinajstić information content (AvgIpc) is 1.96. The van der Waals surface area contributed by atoms with Crippen molar-refractivity contribution < 1.29 is 37.0 Å². The number of ether oxygens (including phenoxy) is 1. The number of likely N-dealkylation sites (N-methyl/N-ethyl adjacent to an activating group) is 1. The topological polar surface area (TPSA) is 78.0 Å². The van der Waals surface area contributed by atoms with Crippen LogP contribution in [0.3, 0.4) is 0 Å². The smallest absolute Gasteiger partial charge is 0.333 e. The van der Waals surface area contributed by atoms with Crippen molar-refractivity contribution >= 4 is 5.97 Å². The van der Waals surface area contributed by atoms with Crippen molar-refractivity contribution in [1.82, 2.24) is 0 Å². The van der Waals surface area contributed by atoms with E-state index in [4.69, 9.17) is 4.74 Å². The van der Waals surface area contributed by atoms with Crippen molar-refractivity contribution in [3.8, 4) is 0 Å². The predicted molar refractivity (Wildman–Crippen MR) is 58.3 cm³/mol. The Labute approximate surface area is 103 Å². The third-order valence-corrected chi connectivity index (χ3v) is 1.51. The Hall–Kier alpha value is -0.620. The summed E-state index contributed by atoms with van der Waals surface area (Å²) in [6, 6.07) is 0. The van der Waals surface area contributed by atoms with Crippen LogP contribution >= 0.6 is 0 Å². The quantitative estimate of drug-likeness (QED) is 0.313. The zero-order valence-corrected chi connectivity index (χ0v) is 11.0. The number of carbonyl (C=O) groups excluding carboxylic acids is 1. The molecule has 6 heteroatoms. The second-order valence-corrected chi connectivity index (χ2v) is 4.51. The summed E-state index contributed by atoms with van der Waals surface area (Å²) in [5.41, 5.74) is 0.349. The van der Waals surface area contributed by atoms with Gasteiger partial charge in [0.15, 0.2) is 0 Å². The summed E-state index contributed by atoms with van der Waals surface area (Å²) in [7, 11) is 5.89. The molecule has 0 aromatic carbocycles. The number of hydrogen-bond donors (Lipinski definition) is 1. The molecule has 0 rings (SSSR count). The number of aliphatic hydroxyl groups is 1. The highest BCUT2D eigenvalue weighted by Crippen LogP contribution is 1.98. The molecular formula is C10H22ClNO4. The van der Waals surface area contributed by atoms with Crippen LogP contribution in [0.5, 0.6) is 0 Å². The number of aliphatic hydroxyl groups excluding tert-OH is 1. The number of quaternary nitrogens is 1. The summed E-state index contributed by atoms with van der Waals surface area (Å²) in [4.78, 5) is 11.0. The van der Waals surface area contributed by atoms with Crippen molar-refractivity contribution in [2.45, 2.75) is 13.0 Å². The second kappa shape index (κ2) is 8.52. The van der Waals surface area contributed by atoms with E-state index >= 15 is 0 Å². The molecule has 16 heavy (non-hydrogen) atoms. The van der Waals surface area contributed by atoms with Crippen molar-refractivity contribution in [1.29, 1.82) is 0 Å². The Kier molecular flexibility index (Phi) is 11.1. The Morgan fingerprint density at radius 2 is 1.88 bits per heavy atom. The molecule has 0 saturated heterocycles. The SMILES string of the molecule is C=C(C)C(=O)OCC(O)C[N+](C)(C)C.O.[Cl-]. The van der Waals surface area contributed by atoms with E-state index in [9.17, 15) is 9.90 Å². The van der Waals surface area contributed by atoms with Crippen LogP contribution in [0.25, 0.3) is 0 Å². The average molecular weight is 256 g/mol. The maximum atomic E-state index is 11.0. The first-order valence-electron chi connectivity index (χ1n) is 4.53. The van der Waals surface area contributed by atoms with Gasteiger partial charge in [-0.15, -0.1) is 0 Å². The lowest BCUT2D eigenvalue weighted by Gasteiger charge is -2.26. The van der Waals surface area contributed by atoms with Gasteiger partial charge >= 0.3 is 5.97 Å². The minimum absolute atomic E-state index is 0. The van der Waals surface area contributed by atoms with E-state index in [0.29, 0.717) is 16.6 Å². The highest BCUT2D eigenvalue weighted by atomic mass is 35.5. The van der Waals surface area contributed by atoms with Crippen molar-refractivity contribution in [3.05, 3.63) is 12.2 Å². The van der Waals surface area contributed by atoms with Gasteiger partial charge in [-0.05, 0) is 6.92 Å². The van der Waals surface area contributed by atoms with Gasteiger partial charge in [-0.25, -0.2) is 4.79 Å². The van der Waals surface area contributed by atoms with Crippen LogP contribution in [-0.4, -0.2) is 61.4 Å². The largest absolute Gasteiger partial charge is 1.00 e. The Morgan fingerprint density at radius 3 is 2.19 bits per heavy atom. The van der Waals surface area contributed by atoms with E-state index in [1.54, 1.807) is 6.92 Å². The van der Waals surface area contributed by atoms with Crippen LogP contribution in [-0.2, 0) is 9.53 Å². The fraction of sp³-hybridized carbons (Fsp3) is 0.700. The lowest BCUT2D eigenvalue weighted by atomic mass is 10.3. The van der Waals surface area contributed by atoms with E-state index < -0.39 is 12.1 Å². The summed E-state index contributed by atoms with van der Waals surface area (Å²) >= 11 is 0. The van der Waals surface area contributed by atoms with Crippen LogP contribution in [0.2, 0.25) is 0 Å². The highest BCUT2D eigenvalue weighted by molar-refractivity contribution is 5.86. The Bertz CT molecular complexity index is 225. The normalized spacial score (nSPS) is 11.8. The molecular weight excluding hydrogens is 234 g/mol. The molecule has 0 aliphatic heterocycles. The fourth-order valence-electron chi connectivity index (χ4n) is 0.980. The standard InChI is InChI=1S/C10H20NO3.ClH.H2O/c1-8(2)10(13)14-7-9(12)6-11(3,4)5;;/h9,12H,1,6-7H2,2-5H3;1H;1H2/q+1;;/p-1. The molecule has 0 bridgehead atoms. The number of carbonyl (C=O) groups is 1. The summed E-state index contributed by atoms with van der Waals surface area (Å²) in [5, 5.41) is 9.49. The minimum atomic E-state index is -0.627. The van der Waals surface area contributed by atoms with Gasteiger partial charge in [0.1, 0.15) is 19.3 Å². The van der Waals surface area contributed by atoms with Crippen LogP contribution < -0.4 is 12.4 Å². The maximum Gasteiger partial charge on any atom is 0.333 e. The van der Waals surface area contributed by atoms with Gasteiger partial charge in [0.05, 0.1) is 21.1 Å². The third-order valence-electron chi connectivity index (χ3n) is 1.51. The first-order chi connectivity index (χ1) is 6.22. The molecule has 1 atom stereocenters. The summed E-state index contributed by atoms with van der Waals surface area (Å²) in [6.07, 6.45) is -0.627. The van der Waals surface area contributed by atoms with Gasteiger partial charge in [0.2, 0.25) is 0 Å². The van der Waals surface area contributed by atoms with Crippen molar-refractivity contribution in [2.24, 2.45) is 0 Å². The minimum Gasteiger partial charge on any atom is -1.00 e. The second-order valence-electron chi connectivity index (χ2n) is 4.51. The van der Waals surface area contributed by atoms with Crippen molar-refractivity contribution in [2.75, 3.05) is 34.3 Å². The number of nitrogens with zero attached hydrogens (tertiary/aromatic N) is 1. The molecule has 0 spiro atoms. The zero-order chi connectivity index (χ0) is 11.4. The van der Waals surface area contributed by atoms with Gasteiger partial charge in [0.25, 0.3) is 0 Å². The van der Waals surface area contributed by atoms with Gasteiger partial charge in [-0.3, -0.25) is 0 Å². The van der Waals surface area contributed by atoms with Crippen LogP contribution in [0, 0.1) is 0 Å². The van der Waals surface area contributed by atoms with Gasteiger partial charge in [0, 0.05) is 5.57 Å². The molecule has 0 amide bonds. The van der Waals surface area contributed by atoms with Gasteiger partial charge < -0.3 is 32.2 Å². The predicted octanol–water partition coefficient (Wildman–Crippen LogP) is -3.65. The van der Waals surface area contributed by atoms with Gasteiger partial charge in [-0.2, -0.15) is 0 Å². The third kappa shape index (κ3) is 11.5. The fourth-order valence-corrected chi connectivity index (χ4v) is 0.980. The first kappa shape index (κ1) is 20.8. The molecule has 1 unspecified atom stereocenters. The monoisotopic (exact) mass is 255 g/mol. The molecule has 5 nitrogen and oxygen atoms in total. The summed E-state index contributed by atoms with van der Waals surface area (Å²) in [5.74, 6) is -0.453. The van der Waals surface area contributed by atoms with E-state index in [1.165, 1.54) is 0 Å². The molecule has 98 valence electrons. The number of halogens is 1. The molecule has 3 N–H and O–H groups in total. The van der Waals surface area contributed by atoms with E-state index in [1.807, 2.05) is 21.1 Å². The lowest BCUT2D eigenvalue weighted by molar-refractivity contribution is -0.873. The van der Waals surface area contributed by atoms with Crippen molar-refractivity contribution in [3.63, 3.8) is 0 Å². The maximum absolute atomic E-state index is 11.0. The van der Waals surface area contributed by atoms with E-state index in [0.717, 1.165) is 0 Å². The Balaban J connectivity index is -0.000000845. The molecule has 0 aliphatic rings. The zero-order valence-electron chi connectivity index (χ0n) is 10.3. The van der Waals surface area contributed by atoms with E-state index in [-0.39, 0.29) is 24.5 Å². The summed E-state index contributed by atoms with van der Waals surface area (Å²) in [6.45, 7) is 5.60. The lowest BCUT2D eigenvalue weighted by Crippen LogP contribution is -3.00. The molecule has 0 radical (unpaired) electrons. The molecule has 0 aromatic heterocycles. The van der Waals surface area contributed by atoms with E-state index in [2.05, 4.69) is 6.58 Å². The highest BCUT2D eigenvalue weighted by Gasteiger charge is 2.17. The molecule has 0 aliphatic carbocycles. The number of hydrogen-bond acceptors (Lipinski definition) is 3. The van der Waals surface area contributed by atoms with Gasteiger partial charge in [-0.1, -0.05) is 6.58 Å².